The van der Waals surface area contributed by atoms with E-state index >= 15 is 0 Å². The minimum absolute atomic E-state index is 0.110. The molecule has 2 N–H and O–H groups in total. The lowest BCUT2D eigenvalue weighted by Crippen LogP contribution is -2.29. The minimum Gasteiger partial charge on any atom is -0.323 e. The van der Waals surface area contributed by atoms with Crippen LogP contribution in [0.5, 0.6) is 0 Å². The molecule has 0 atom stereocenters. The third-order valence-electron chi connectivity index (χ3n) is 6.49. The lowest BCUT2D eigenvalue weighted by Gasteiger charge is -2.26. The fourth-order valence-corrected chi connectivity index (χ4v) is 4.63. The second-order valence-corrected chi connectivity index (χ2v) is 9.43. The number of hydrogen-bond donors (Lipinski definition) is 2. The van der Waals surface area contributed by atoms with Gasteiger partial charge in [-0.25, -0.2) is 4.68 Å². The monoisotopic (exact) mass is 493 g/mol. The summed E-state index contributed by atoms with van der Waals surface area (Å²) in [5.74, 6) is -0.290. The van der Waals surface area contributed by atoms with E-state index in [-0.39, 0.29) is 11.8 Å². The summed E-state index contributed by atoms with van der Waals surface area (Å²) in [6.45, 7) is 3.17. The molecule has 1 aliphatic heterocycles. The van der Waals surface area contributed by atoms with Gasteiger partial charge < -0.3 is 10.6 Å². The number of carbonyl (C=O) groups excluding carboxylic acids is 2. The van der Waals surface area contributed by atoms with Gasteiger partial charge in [-0.3, -0.25) is 14.5 Å². The lowest BCUT2D eigenvalue weighted by molar-refractivity contribution is -0.115. The highest BCUT2D eigenvalue weighted by Gasteiger charge is 2.13. The molecule has 2 amide bonds. The number of aromatic nitrogens is 2. The van der Waals surface area contributed by atoms with Gasteiger partial charge in [0, 0.05) is 17.8 Å². The van der Waals surface area contributed by atoms with Crippen molar-refractivity contribution in [3.63, 3.8) is 0 Å². The normalized spacial score (nSPS) is 13.7. The fourth-order valence-electron chi connectivity index (χ4n) is 4.63. The predicted octanol–water partition coefficient (Wildman–Crippen LogP) is 5.29. The molecule has 0 radical (unpaired) electrons. The van der Waals surface area contributed by atoms with E-state index in [4.69, 9.17) is 0 Å². The van der Waals surface area contributed by atoms with Gasteiger partial charge in [-0.15, -0.1) is 0 Å². The SMILES string of the molecule is O=C(Cc1ccccc1)Nc1cnn(-c2cccc(C(=O)Nc3cccc(CN4CCCCC4)c3)c2)c1. The zero-order valence-corrected chi connectivity index (χ0v) is 20.8. The van der Waals surface area contributed by atoms with Crippen molar-refractivity contribution in [3.8, 4) is 5.69 Å². The summed E-state index contributed by atoms with van der Waals surface area (Å²) >= 11 is 0. The van der Waals surface area contributed by atoms with Crippen LogP contribution in [0.15, 0.2) is 91.3 Å². The van der Waals surface area contributed by atoms with Crippen molar-refractivity contribution in [1.82, 2.24) is 14.7 Å². The van der Waals surface area contributed by atoms with E-state index < -0.39 is 0 Å². The Morgan fingerprint density at radius 1 is 0.784 bits per heavy atom. The van der Waals surface area contributed by atoms with Gasteiger partial charge in [0.2, 0.25) is 5.91 Å². The number of piperidine rings is 1. The molecule has 0 unspecified atom stereocenters. The molecule has 1 aromatic heterocycles. The van der Waals surface area contributed by atoms with Crippen molar-refractivity contribution in [2.45, 2.75) is 32.2 Å². The first kappa shape index (κ1) is 24.5. The van der Waals surface area contributed by atoms with Gasteiger partial charge in [-0.05, 0) is 67.4 Å². The lowest BCUT2D eigenvalue weighted by atomic mass is 10.1. The molecule has 0 saturated carbocycles. The van der Waals surface area contributed by atoms with Crippen LogP contribution in [0, 0.1) is 0 Å². The van der Waals surface area contributed by atoms with Gasteiger partial charge in [-0.1, -0.05) is 55.0 Å². The summed E-state index contributed by atoms with van der Waals surface area (Å²) in [6.07, 6.45) is 7.46. The standard InChI is InChI=1S/C30H31N5O2/c36-29(18-23-9-3-1-4-10-23)32-27-20-31-35(22-27)28-14-8-12-25(19-28)30(37)33-26-13-7-11-24(17-26)21-34-15-5-2-6-16-34/h1,3-4,7-14,17,19-20,22H,2,5-6,15-16,18,21H2,(H,32,36)(H,33,37). The number of anilines is 2. The topological polar surface area (TPSA) is 79.3 Å². The van der Waals surface area contributed by atoms with Crippen LogP contribution < -0.4 is 10.6 Å². The highest BCUT2D eigenvalue weighted by molar-refractivity contribution is 6.04. The van der Waals surface area contributed by atoms with Crippen molar-refractivity contribution < 1.29 is 9.59 Å². The summed E-state index contributed by atoms with van der Waals surface area (Å²) in [4.78, 5) is 27.9. The summed E-state index contributed by atoms with van der Waals surface area (Å²) in [5, 5.41) is 10.3. The largest absolute Gasteiger partial charge is 0.323 e. The molecule has 188 valence electrons. The van der Waals surface area contributed by atoms with Crippen LogP contribution in [-0.4, -0.2) is 39.6 Å². The number of amides is 2. The predicted molar refractivity (Wildman–Crippen MR) is 146 cm³/mol. The number of likely N-dealkylation sites (tertiary alicyclic amines) is 1. The first-order chi connectivity index (χ1) is 18.1. The molecule has 5 rings (SSSR count). The van der Waals surface area contributed by atoms with Crippen molar-refractivity contribution >= 4 is 23.2 Å². The Kier molecular flexibility index (Phi) is 7.72. The average molecular weight is 494 g/mol. The third-order valence-corrected chi connectivity index (χ3v) is 6.49. The molecule has 7 nitrogen and oxygen atoms in total. The Bertz CT molecular complexity index is 1360. The van der Waals surface area contributed by atoms with E-state index in [0.29, 0.717) is 17.7 Å². The van der Waals surface area contributed by atoms with Gasteiger partial charge >= 0.3 is 0 Å². The molecule has 0 aliphatic carbocycles. The maximum absolute atomic E-state index is 13.0. The van der Waals surface area contributed by atoms with Gasteiger partial charge in [0.05, 0.1) is 30.2 Å². The van der Waals surface area contributed by atoms with Crippen LogP contribution in [0.3, 0.4) is 0 Å². The van der Waals surface area contributed by atoms with Crippen molar-refractivity contribution in [3.05, 3.63) is 108 Å². The van der Waals surface area contributed by atoms with Gasteiger partial charge in [0.1, 0.15) is 0 Å². The summed E-state index contributed by atoms with van der Waals surface area (Å²) in [6, 6.07) is 24.9. The second-order valence-electron chi connectivity index (χ2n) is 9.43. The molecule has 1 aliphatic rings. The number of carbonyl (C=O) groups is 2. The van der Waals surface area contributed by atoms with Crippen LogP contribution in [-0.2, 0) is 17.8 Å². The van der Waals surface area contributed by atoms with E-state index in [1.165, 1.54) is 24.8 Å². The maximum Gasteiger partial charge on any atom is 0.255 e. The molecule has 7 heteroatoms. The van der Waals surface area contributed by atoms with Crippen LogP contribution in [0.25, 0.3) is 5.69 Å². The fraction of sp³-hybridized carbons (Fsp3) is 0.233. The number of rotatable bonds is 8. The molecular formula is C30H31N5O2. The molecule has 3 aromatic carbocycles. The Morgan fingerprint density at radius 2 is 1.57 bits per heavy atom. The van der Waals surface area contributed by atoms with Gasteiger partial charge in [-0.2, -0.15) is 5.10 Å². The highest BCUT2D eigenvalue weighted by atomic mass is 16.2. The second kappa shape index (κ2) is 11.7. The Morgan fingerprint density at radius 3 is 2.41 bits per heavy atom. The molecule has 37 heavy (non-hydrogen) atoms. The first-order valence-corrected chi connectivity index (χ1v) is 12.7. The minimum atomic E-state index is -0.180. The third kappa shape index (κ3) is 6.71. The molecule has 0 spiro atoms. The Balaban J connectivity index is 1.21. The van der Waals surface area contributed by atoms with Gasteiger partial charge in [0.15, 0.2) is 0 Å². The van der Waals surface area contributed by atoms with Gasteiger partial charge in [0.25, 0.3) is 5.91 Å². The molecular weight excluding hydrogens is 462 g/mol. The molecule has 2 heterocycles. The van der Waals surface area contributed by atoms with E-state index in [1.54, 1.807) is 29.2 Å². The number of nitrogens with zero attached hydrogens (tertiary/aromatic N) is 3. The number of nitrogens with one attached hydrogen (secondary N) is 2. The van der Waals surface area contributed by atoms with E-state index in [2.05, 4.69) is 26.7 Å². The average Bonchev–Trinajstić information content (AvgIpc) is 3.38. The first-order valence-electron chi connectivity index (χ1n) is 12.7. The van der Waals surface area contributed by atoms with E-state index in [9.17, 15) is 9.59 Å². The van der Waals surface area contributed by atoms with E-state index in [0.717, 1.165) is 36.6 Å². The summed E-state index contributed by atoms with van der Waals surface area (Å²) in [7, 11) is 0. The maximum atomic E-state index is 13.0. The van der Waals surface area contributed by atoms with Crippen LogP contribution >= 0.6 is 0 Å². The van der Waals surface area contributed by atoms with Crippen molar-refractivity contribution in [2.24, 2.45) is 0 Å². The Hall–Kier alpha value is -4.23. The van der Waals surface area contributed by atoms with Crippen molar-refractivity contribution in [1.29, 1.82) is 0 Å². The molecule has 4 aromatic rings. The summed E-state index contributed by atoms with van der Waals surface area (Å²) < 4.78 is 1.65. The van der Waals surface area contributed by atoms with Crippen LogP contribution in [0.2, 0.25) is 0 Å². The van der Waals surface area contributed by atoms with Crippen LogP contribution in [0.1, 0.15) is 40.7 Å². The van der Waals surface area contributed by atoms with Crippen molar-refractivity contribution in [2.75, 3.05) is 23.7 Å². The molecule has 1 fully saturated rings. The highest BCUT2D eigenvalue weighted by Crippen LogP contribution is 2.18. The summed E-state index contributed by atoms with van der Waals surface area (Å²) in [5.41, 5.74) is 4.79. The zero-order chi connectivity index (χ0) is 25.5. The van der Waals surface area contributed by atoms with Crippen LogP contribution in [0.4, 0.5) is 11.4 Å². The van der Waals surface area contributed by atoms with E-state index in [1.807, 2.05) is 60.7 Å². The number of benzene rings is 3. The molecule has 0 bridgehead atoms. The number of hydrogen-bond acceptors (Lipinski definition) is 4. The smallest absolute Gasteiger partial charge is 0.255 e. The Labute approximate surface area is 217 Å². The quantitative estimate of drug-likeness (QED) is 0.350. The zero-order valence-electron chi connectivity index (χ0n) is 20.8. The molecule has 1 saturated heterocycles.